The van der Waals surface area contributed by atoms with Gasteiger partial charge in [-0.1, -0.05) is 24.3 Å². The van der Waals surface area contributed by atoms with Crippen molar-refractivity contribution >= 4 is 17.2 Å². The van der Waals surface area contributed by atoms with Gasteiger partial charge in [0.25, 0.3) is 0 Å². The lowest BCUT2D eigenvalue weighted by Gasteiger charge is -2.27. The molecule has 1 aromatic heterocycles. The normalized spacial score (nSPS) is 17.8. The summed E-state index contributed by atoms with van der Waals surface area (Å²) in [4.78, 5) is 15.8. The van der Waals surface area contributed by atoms with Gasteiger partial charge in [-0.2, -0.15) is 0 Å². The number of nitrogens with zero attached hydrogens (tertiary/aromatic N) is 1. The first-order valence-electron chi connectivity index (χ1n) is 7.29. The average molecular weight is 301 g/mol. The Labute approximate surface area is 129 Å². The van der Waals surface area contributed by atoms with Crippen molar-refractivity contribution in [3.8, 4) is 5.75 Å². The summed E-state index contributed by atoms with van der Waals surface area (Å²) in [5.41, 5.74) is 1.10. The standard InChI is InChI=1S/C17H19NO2S/c1-13-15-6-2-3-7-16(15)20-11-10-18(13)17(19)9-8-14-5-4-12-21-14/h2-7,12-13H,8-11H2,1H3. The monoisotopic (exact) mass is 301 g/mol. The minimum Gasteiger partial charge on any atom is -0.491 e. The third-order valence-electron chi connectivity index (χ3n) is 3.91. The third-order valence-corrected chi connectivity index (χ3v) is 4.85. The highest BCUT2D eigenvalue weighted by Crippen LogP contribution is 2.31. The van der Waals surface area contributed by atoms with Gasteiger partial charge in [-0.25, -0.2) is 0 Å². The summed E-state index contributed by atoms with van der Waals surface area (Å²) in [7, 11) is 0. The van der Waals surface area contributed by atoms with Crippen LogP contribution in [0.5, 0.6) is 5.75 Å². The number of para-hydroxylation sites is 1. The number of carbonyl (C=O) groups excluding carboxylic acids is 1. The minimum absolute atomic E-state index is 0.0690. The smallest absolute Gasteiger partial charge is 0.223 e. The number of hydrogen-bond acceptors (Lipinski definition) is 3. The maximum atomic E-state index is 12.5. The van der Waals surface area contributed by atoms with Crippen molar-refractivity contribution in [3.05, 3.63) is 52.2 Å². The maximum absolute atomic E-state index is 12.5. The van der Waals surface area contributed by atoms with Gasteiger partial charge in [-0.05, 0) is 30.9 Å². The van der Waals surface area contributed by atoms with E-state index in [1.54, 1.807) is 11.3 Å². The number of benzene rings is 1. The largest absolute Gasteiger partial charge is 0.491 e. The van der Waals surface area contributed by atoms with Crippen LogP contribution in [0.15, 0.2) is 41.8 Å². The first kappa shape index (κ1) is 14.1. The maximum Gasteiger partial charge on any atom is 0.223 e. The number of rotatable bonds is 3. The number of ether oxygens (including phenoxy) is 1. The lowest BCUT2D eigenvalue weighted by Crippen LogP contribution is -2.35. The SMILES string of the molecule is CC1c2ccccc2OCCN1C(=O)CCc1cccs1. The van der Waals surface area contributed by atoms with Gasteiger partial charge >= 0.3 is 0 Å². The second kappa shape index (κ2) is 6.31. The molecule has 0 N–H and O–H groups in total. The minimum atomic E-state index is 0.0690. The molecule has 0 saturated heterocycles. The summed E-state index contributed by atoms with van der Waals surface area (Å²) in [6, 6.07) is 12.2. The van der Waals surface area contributed by atoms with Crippen molar-refractivity contribution < 1.29 is 9.53 Å². The van der Waals surface area contributed by atoms with Gasteiger partial charge in [0.1, 0.15) is 12.4 Å². The number of aryl methyl sites for hydroxylation is 1. The van der Waals surface area contributed by atoms with E-state index in [0.717, 1.165) is 17.7 Å². The van der Waals surface area contributed by atoms with Crippen molar-refractivity contribution in [1.29, 1.82) is 0 Å². The van der Waals surface area contributed by atoms with Gasteiger partial charge in [0.15, 0.2) is 0 Å². The molecule has 0 saturated carbocycles. The number of thiophene rings is 1. The average Bonchev–Trinajstić information content (AvgIpc) is 2.96. The molecule has 0 radical (unpaired) electrons. The fourth-order valence-corrected chi connectivity index (χ4v) is 3.45. The predicted octanol–water partition coefficient (Wildman–Crippen LogP) is 3.66. The van der Waals surface area contributed by atoms with Crippen LogP contribution in [0.25, 0.3) is 0 Å². The van der Waals surface area contributed by atoms with Crippen LogP contribution in [-0.4, -0.2) is 24.0 Å². The number of fused-ring (bicyclic) bond motifs is 1. The molecule has 21 heavy (non-hydrogen) atoms. The molecule has 0 aliphatic carbocycles. The van der Waals surface area contributed by atoms with E-state index in [1.165, 1.54) is 4.88 Å². The Morgan fingerprint density at radius 1 is 1.33 bits per heavy atom. The predicted molar refractivity (Wildman–Crippen MR) is 84.7 cm³/mol. The van der Waals surface area contributed by atoms with Crippen LogP contribution >= 0.6 is 11.3 Å². The van der Waals surface area contributed by atoms with Crippen LogP contribution in [0.3, 0.4) is 0 Å². The van der Waals surface area contributed by atoms with Crippen LogP contribution in [-0.2, 0) is 11.2 Å². The summed E-state index contributed by atoms with van der Waals surface area (Å²) in [6.45, 7) is 3.29. The molecular weight excluding hydrogens is 282 g/mol. The van der Waals surface area contributed by atoms with Crippen molar-refractivity contribution in [2.24, 2.45) is 0 Å². The molecule has 4 heteroatoms. The highest BCUT2D eigenvalue weighted by molar-refractivity contribution is 7.09. The summed E-state index contributed by atoms with van der Waals surface area (Å²) in [5.74, 6) is 1.11. The molecule has 0 fully saturated rings. The van der Waals surface area contributed by atoms with Gasteiger partial charge in [-0.3, -0.25) is 4.79 Å². The second-order valence-corrected chi connectivity index (χ2v) is 6.26. The molecule has 1 aromatic carbocycles. The molecule has 2 heterocycles. The zero-order chi connectivity index (χ0) is 14.7. The van der Waals surface area contributed by atoms with E-state index in [2.05, 4.69) is 18.4 Å². The lowest BCUT2D eigenvalue weighted by atomic mass is 10.1. The first-order chi connectivity index (χ1) is 10.3. The molecular formula is C17H19NO2S. The summed E-state index contributed by atoms with van der Waals surface area (Å²) in [6.07, 6.45) is 1.38. The van der Waals surface area contributed by atoms with Crippen molar-refractivity contribution in [3.63, 3.8) is 0 Å². The Bertz CT molecular complexity index is 609. The third kappa shape index (κ3) is 3.10. The number of hydrogen-bond donors (Lipinski definition) is 0. The van der Waals surface area contributed by atoms with Crippen LogP contribution in [0.2, 0.25) is 0 Å². The zero-order valence-electron chi connectivity index (χ0n) is 12.1. The van der Waals surface area contributed by atoms with Crippen LogP contribution < -0.4 is 4.74 Å². The van der Waals surface area contributed by atoms with Gasteiger partial charge in [0, 0.05) is 16.9 Å². The molecule has 1 aliphatic rings. The second-order valence-electron chi connectivity index (χ2n) is 5.23. The quantitative estimate of drug-likeness (QED) is 0.866. The Hall–Kier alpha value is -1.81. The summed E-state index contributed by atoms with van der Waals surface area (Å²) < 4.78 is 5.76. The van der Waals surface area contributed by atoms with Gasteiger partial charge in [0.05, 0.1) is 12.6 Å². The molecule has 1 atom stereocenters. The van der Waals surface area contributed by atoms with E-state index >= 15 is 0 Å². The number of amides is 1. The van der Waals surface area contributed by atoms with E-state index in [-0.39, 0.29) is 11.9 Å². The Morgan fingerprint density at radius 2 is 2.19 bits per heavy atom. The van der Waals surface area contributed by atoms with E-state index in [9.17, 15) is 4.79 Å². The van der Waals surface area contributed by atoms with Gasteiger partial charge < -0.3 is 9.64 Å². The Kier molecular flexibility index (Phi) is 4.25. The molecule has 3 rings (SSSR count). The van der Waals surface area contributed by atoms with Gasteiger partial charge in [0.2, 0.25) is 5.91 Å². The van der Waals surface area contributed by atoms with Crippen molar-refractivity contribution in [1.82, 2.24) is 4.90 Å². The summed E-state index contributed by atoms with van der Waals surface area (Å²) in [5, 5.41) is 2.05. The van der Waals surface area contributed by atoms with E-state index in [0.29, 0.717) is 19.6 Å². The molecule has 0 bridgehead atoms. The molecule has 0 spiro atoms. The molecule has 3 nitrogen and oxygen atoms in total. The van der Waals surface area contributed by atoms with E-state index in [1.807, 2.05) is 35.2 Å². The summed E-state index contributed by atoms with van der Waals surface area (Å²) >= 11 is 1.71. The van der Waals surface area contributed by atoms with Crippen molar-refractivity contribution in [2.75, 3.05) is 13.2 Å². The Morgan fingerprint density at radius 3 is 3.00 bits per heavy atom. The lowest BCUT2D eigenvalue weighted by molar-refractivity contribution is -0.133. The molecule has 1 unspecified atom stereocenters. The van der Waals surface area contributed by atoms with Gasteiger partial charge in [-0.15, -0.1) is 11.3 Å². The Balaban J connectivity index is 1.71. The fraction of sp³-hybridized carbons (Fsp3) is 0.353. The zero-order valence-corrected chi connectivity index (χ0v) is 12.9. The fourth-order valence-electron chi connectivity index (χ4n) is 2.74. The topological polar surface area (TPSA) is 29.5 Å². The molecule has 2 aromatic rings. The molecule has 1 amide bonds. The van der Waals surface area contributed by atoms with Crippen LogP contribution in [0.1, 0.15) is 29.8 Å². The molecule has 1 aliphatic heterocycles. The van der Waals surface area contributed by atoms with Crippen LogP contribution in [0, 0.1) is 0 Å². The van der Waals surface area contributed by atoms with E-state index in [4.69, 9.17) is 4.74 Å². The molecule has 110 valence electrons. The highest BCUT2D eigenvalue weighted by Gasteiger charge is 2.26. The van der Waals surface area contributed by atoms with E-state index < -0.39 is 0 Å². The number of carbonyl (C=O) groups is 1. The van der Waals surface area contributed by atoms with Crippen molar-refractivity contribution in [2.45, 2.75) is 25.8 Å². The first-order valence-corrected chi connectivity index (χ1v) is 8.17. The highest BCUT2D eigenvalue weighted by atomic mass is 32.1. The van der Waals surface area contributed by atoms with Crippen LogP contribution in [0.4, 0.5) is 0 Å².